The zero-order valence-electron chi connectivity index (χ0n) is 17.2. The fraction of sp³-hybridized carbons (Fsp3) is 0.381. The Kier molecular flexibility index (Phi) is 6.12. The Morgan fingerprint density at radius 2 is 1.97 bits per heavy atom. The number of non-ortho nitro benzene ring substituents is 1. The molecule has 2 atom stereocenters. The molecule has 1 amide bonds. The molecule has 2 aromatic carbocycles. The maximum Gasteiger partial charge on any atom is 0.271 e. The number of nitro groups is 1. The van der Waals surface area contributed by atoms with Crippen molar-refractivity contribution in [1.29, 1.82) is 0 Å². The standard InChI is InChI=1S/C21H25N3O5S/c1-14-11-12-17(24(26)27)13-20(14)23(30(3,28)29)15(2)21(25)22-19-10-6-8-16-7-4-5-9-18(16)19/h4-5,7,9,11-13,15,19H,6,8,10H2,1-3H3,(H,22,25)/t15-,19+/m0/s1. The zero-order chi connectivity index (χ0) is 22.1. The number of carbonyl (C=O) groups is 1. The first-order chi connectivity index (χ1) is 14.1. The van der Waals surface area contributed by atoms with E-state index in [-0.39, 0.29) is 17.4 Å². The highest BCUT2D eigenvalue weighted by Gasteiger charge is 2.33. The van der Waals surface area contributed by atoms with Crippen LogP contribution in [-0.2, 0) is 21.2 Å². The van der Waals surface area contributed by atoms with E-state index >= 15 is 0 Å². The predicted octanol–water partition coefficient (Wildman–Crippen LogP) is 3.25. The van der Waals surface area contributed by atoms with Crippen LogP contribution in [-0.4, -0.2) is 31.5 Å². The van der Waals surface area contributed by atoms with Gasteiger partial charge in [0, 0.05) is 12.1 Å². The largest absolute Gasteiger partial charge is 0.347 e. The number of rotatable bonds is 6. The molecular formula is C21H25N3O5S. The van der Waals surface area contributed by atoms with E-state index in [0.717, 1.165) is 35.4 Å². The van der Waals surface area contributed by atoms with Gasteiger partial charge in [0.05, 0.1) is 22.9 Å². The Morgan fingerprint density at radius 3 is 2.63 bits per heavy atom. The van der Waals surface area contributed by atoms with Crippen molar-refractivity contribution >= 4 is 27.3 Å². The van der Waals surface area contributed by atoms with Gasteiger partial charge < -0.3 is 5.32 Å². The smallest absolute Gasteiger partial charge is 0.271 e. The minimum Gasteiger partial charge on any atom is -0.347 e. The molecule has 0 radical (unpaired) electrons. The highest BCUT2D eigenvalue weighted by molar-refractivity contribution is 7.92. The van der Waals surface area contributed by atoms with E-state index in [1.165, 1.54) is 30.7 Å². The predicted molar refractivity (Wildman–Crippen MR) is 115 cm³/mol. The average molecular weight is 432 g/mol. The summed E-state index contributed by atoms with van der Waals surface area (Å²) in [4.78, 5) is 23.6. The molecule has 30 heavy (non-hydrogen) atoms. The minimum atomic E-state index is -3.88. The van der Waals surface area contributed by atoms with Crippen molar-refractivity contribution in [2.75, 3.05) is 10.6 Å². The third-order valence-corrected chi connectivity index (χ3v) is 6.64. The van der Waals surface area contributed by atoms with Crippen LogP contribution in [0.5, 0.6) is 0 Å². The van der Waals surface area contributed by atoms with Crippen LogP contribution >= 0.6 is 0 Å². The van der Waals surface area contributed by atoms with Crippen LogP contribution in [0.15, 0.2) is 42.5 Å². The first-order valence-electron chi connectivity index (χ1n) is 9.72. The number of fused-ring (bicyclic) bond motifs is 1. The lowest BCUT2D eigenvalue weighted by molar-refractivity contribution is -0.384. The summed E-state index contributed by atoms with van der Waals surface area (Å²) in [5.74, 6) is -0.451. The molecule has 0 saturated carbocycles. The summed E-state index contributed by atoms with van der Waals surface area (Å²) in [6, 6.07) is 10.6. The number of nitrogens with one attached hydrogen (secondary N) is 1. The first kappa shape index (κ1) is 21.8. The Balaban J connectivity index is 1.92. The van der Waals surface area contributed by atoms with Crippen molar-refractivity contribution in [2.45, 2.75) is 45.2 Å². The first-order valence-corrected chi connectivity index (χ1v) is 11.6. The molecule has 9 heteroatoms. The SMILES string of the molecule is Cc1ccc([N+](=O)[O-])cc1N([C@@H](C)C(=O)N[C@@H]1CCCc2ccccc21)S(C)(=O)=O. The number of hydrogen-bond acceptors (Lipinski definition) is 5. The molecule has 0 fully saturated rings. The van der Waals surface area contributed by atoms with Gasteiger partial charge in [-0.3, -0.25) is 19.2 Å². The van der Waals surface area contributed by atoms with Crippen molar-refractivity contribution in [2.24, 2.45) is 0 Å². The molecule has 3 rings (SSSR count). The number of hydrogen-bond donors (Lipinski definition) is 1. The number of nitro benzene ring substituents is 1. The summed E-state index contributed by atoms with van der Waals surface area (Å²) >= 11 is 0. The lowest BCUT2D eigenvalue weighted by Crippen LogP contribution is -2.49. The van der Waals surface area contributed by atoms with E-state index in [1.807, 2.05) is 24.3 Å². The second-order valence-electron chi connectivity index (χ2n) is 7.61. The molecule has 0 aliphatic heterocycles. The van der Waals surface area contributed by atoms with Gasteiger partial charge >= 0.3 is 0 Å². The van der Waals surface area contributed by atoms with Gasteiger partial charge in [0.15, 0.2) is 0 Å². The molecule has 0 spiro atoms. The Morgan fingerprint density at radius 1 is 1.27 bits per heavy atom. The van der Waals surface area contributed by atoms with Crippen molar-refractivity contribution < 1.29 is 18.1 Å². The number of benzene rings is 2. The molecule has 0 bridgehead atoms. The van der Waals surface area contributed by atoms with Crippen LogP contribution < -0.4 is 9.62 Å². The third kappa shape index (κ3) is 4.46. The fourth-order valence-electron chi connectivity index (χ4n) is 3.93. The normalized spacial score (nSPS) is 17.0. The number of nitrogens with zero attached hydrogens (tertiary/aromatic N) is 2. The van der Waals surface area contributed by atoms with Gasteiger partial charge in [-0.05, 0) is 49.8 Å². The molecule has 1 aliphatic carbocycles. The highest BCUT2D eigenvalue weighted by atomic mass is 32.2. The molecule has 2 aromatic rings. The maximum absolute atomic E-state index is 13.1. The van der Waals surface area contributed by atoms with E-state index in [1.54, 1.807) is 6.92 Å². The van der Waals surface area contributed by atoms with Gasteiger partial charge in [-0.2, -0.15) is 0 Å². The maximum atomic E-state index is 13.1. The van der Waals surface area contributed by atoms with Crippen molar-refractivity contribution in [3.8, 4) is 0 Å². The van der Waals surface area contributed by atoms with Gasteiger partial charge in [-0.15, -0.1) is 0 Å². The third-order valence-electron chi connectivity index (χ3n) is 5.42. The van der Waals surface area contributed by atoms with Gasteiger partial charge in [-0.25, -0.2) is 8.42 Å². The molecule has 0 heterocycles. The van der Waals surface area contributed by atoms with E-state index in [4.69, 9.17) is 0 Å². The van der Waals surface area contributed by atoms with Crippen LogP contribution in [0.4, 0.5) is 11.4 Å². The van der Waals surface area contributed by atoms with Crippen LogP contribution in [0.25, 0.3) is 0 Å². The van der Waals surface area contributed by atoms with Gasteiger partial charge in [0.25, 0.3) is 5.69 Å². The van der Waals surface area contributed by atoms with Crippen LogP contribution in [0, 0.1) is 17.0 Å². The number of sulfonamides is 1. The van der Waals surface area contributed by atoms with E-state index in [0.29, 0.717) is 5.56 Å². The number of carbonyl (C=O) groups excluding carboxylic acids is 1. The van der Waals surface area contributed by atoms with Crippen molar-refractivity contribution in [1.82, 2.24) is 5.32 Å². The van der Waals surface area contributed by atoms with Crippen LogP contribution in [0.2, 0.25) is 0 Å². The van der Waals surface area contributed by atoms with Gasteiger partial charge in [0.1, 0.15) is 6.04 Å². The molecule has 1 aliphatic rings. The summed E-state index contributed by atoms with van der Waals surface area (Å²) in [7, 11) is -3.88. The second kappa shape index (κ2) is 8.43. The van der Waals surface area contributed by atoms with Gasteiger partial charge in [0.2, 0.25) is 15.9 Å². The van der Waals surface area contributed by atoms with Crippen LogP contribution in [0.1, 0.15) is 42.5 Å². The molecular weight excluding hydrogens is 406 g/mol. The number of amides is 1. The molecule has 0 saturated heterocycles. The number of aryl methyl sites for hydroxylation is 2. The summed E-state index contributed by atoms with van der Waals surface area (Å²) in [6.07, 6.45) is 3.63. The average Bonchev–Trinajstić information content (AvgIpc) is 2.68. The van der Waals surface area contributed by atoms with E-state index < -0.39 is 26.9 Å². The van der Waals surface area contributed by atoms with Crippen molar-refractivity contribution in [3.63, 3.8) is 0 Å². The van der Waals surface area contributed by atoms with E-state index in [9.17, 15) is 23.3 Å². The topological polar surface area (TPSA) is 110 Å². The Labute approximate surface area is 176 Å². The molecule has 8 nitrogen and oxygen atoms in total. The summed E-state index contributed by atoms with van der Waals surface area (Å²) in [5.41, 5.74) is 2.63. The molecule has 0 unspecified atom stereocenters. The Hall–Kier alpha value is -2.94. The Bertz CT molecular complexity index is 1080. The highest BCUT2D eigenvalue weighted by Crippen LogP contribution is 2.31. The lowest BCUT2D eigenvalue weighted by atomic mass is 9.87. The zero-order valence-corrected chi connectivity index (χ0v) is 18.0. The van der Waals surface area contributed by atoms with E-state index in [2.05, 4.69) is 5.32 Å². The van der Waals surface area contributed by atoms with Crippen molar-refractivity contribution in [3.05, 3.63) is 69.3 Å². The monoisotopic (exact) mass is 431 g/mol. The van der Waals surface area contributed by atoms with Crippen LogP contribution in [0.3, 0.4) is 0 Å². The van der Waals surface area contributed by atoms with Gasteiger partial charge in [-0.1, -0.05) is 30.3 Å². The second-order valence-corrected chi connectivity index (χ2v) is 9.47. The fourth-order valence-corrected chi connectivity index (χ4v) is 5.15. The quantitative estimate of drug-likeness (QED) is 0.558. The summed E-state index contributed by atoms with van der Waals surface area (Å²) < 4.78 is 26.1. The molecule has 160 valence electrons. The molecule has 0 aromatic heterocycles. The number of anilines is 1. The summed E-state index contributed by atoms with van der Waals surface area (Å²) in [6.45, 7) is 3.14. The molecule has 1 N–H and O–H groups in total. The minimum absolute atomic E-state index is 0.124. The lowest BCUT2D eigenvalue weighted by Gasteiger charge is -2.32. The summed E-state index contributed by atoms with van der Waals surface area (Å²) in [5, 5.41) is 14.2.